The van der Waals surface area contributed by atoms with Gasteiger partial charge in [-0.05, 0) is 48.4 Å². The van der Waals surface area contributed by atoms with Gasteiger partial charge in [-0.3, -0.25) is 9.79 Å². The summed E-state index contributed by atoms with van der Waals surface area (Å²) < 4.78 is 6.21. The second kappa shape index (κ2) is 10.6. The molecule has 0 aliphatic heterocycles. The van der Waals surface area contributed by atoms with Gasteiger partial charge >= 0.3 is 0 Å². The monoisotopic (exact) mass is 432 g/mol. The fraction of sp³-hybridized carbons (Fsp3) is 0.300. The van der Waals surface area contributed by atoms with Gasteiger partial charge in [-0.2, -0.15) is 0 Å². The molecule has 0 aliphatic rings. The minimum Gasteiger partial charge on any atom is -0.497 e. The maximum atomic E-state index is 12.1. The number of rotatable bonds is 7. The van der Waals surface area contributed by atoms with Crippen LogP contribution in [0.2, 0.25) is 0 Å². The Balaban J connectivity index is 1.76. The Morgan fingerprint density at radius 1 is 1.19 bits per heavy atom. The first kappa shape index (κ1) is 20.8. The molecule has 0 saturated heterocycles. The molecular weight excluding hydrogens is 408 g/mol. The Bertz CT molecular complexity index is 808. The molecule has 2 rings (SSSR count). The molecule has 1 amide bonds. The highest BCUT2D eigenvalue weighted by Gasteiger charge is 2.06. The van der Waals surface area contributed by atoms with Crippen LogP contribution < -0.4 is 20.7 Å². The molecule has 0 aromatic heterocycles. The number of carbonyl (C=O) groups excluding carboxylic acids is 1. The Morgan fingerprint density at radius 3 is 2.70 bits per heavy atom. The van der Waals surface area contributed by atoms with Crippen LogP contribution in [0.3, 0.4) is 0 Å². The standard InChI is InChI=1S/C20H25BrN4O2/c1-14-11-16(21)7-8-18(14)25-19(26)9-10-23-20(22-2)24-13-15-5-4-6-17(12-15)27-3/h4-8,11-12H,9-10,13H2,1-3H3,(H,25,26)(H2,22,23,24). The topological polar surface area (TPSA) is 74.8 Å². The number of ether oxygens (including phenoxy) is 1. The third kappa shape index (κ3) is 6.94. The number of methoxy groups -OCH3 is 1. The molecule has 0 unspecified atom stereocenters. The van der Waals surface area contributed by atoms with Crippen LogP contribution in [-0.2, 0) is 11.3 Å². The first-order chi connectivity index (χ1) is 13.0. The van der Waals surface area contributed by atoms with Crippen molar-refractivity contribution < 1.29 is 9.53 Å². The average molecular weight is 433 g/mol. The van der Waals surface area contributed by atoms with Crippen molar-refractivity contribution in [3.63, 3.8) is 0 Å². The number of aryl methyl sites for hydroxylation is 1. The number of halogens is 1. The predicted molar refractivity (Wildman–Crippen MR) is 113 cm³/mol. The molecule has 27 heavy (non-hydrogen) atoms. The van der Waals surface area contributed by atoms with Crippen LogP contribution >= 0.6 is 15.9 Å². The summed E-state index contributed by atoms with van der Waals surface area (Å²) in [6.07, 6.45) is 0.343. The van der Waals surface area contributed by atoms with Gasteiger partial charge in [-0.15, -0.1) is 0 Å². The van der Waals surface area contributed by atoms with Gasteiger partial charge in [0, 0.05) is 36.7 Å². The number of nitrogens with one attached hydrogen (secondary N) is 3. The van der Waals surface area contributed by atoms with Crippen molar-refractivity contribution in [1.82, 2.24) is 10.6 Å². The van der Waals surface area contributed by atoms with Gasteiger partial charge in [0.2, 0.25) is 5.91 Å². The van der Waals surface area contributed by atoms with E-state index >= 15 is 0 Å². The Morgan fingerprint density at radius 2 is 2.00 bits per heavy atom. The molecule has 2 aromatic carbocycles. The normalized spacial score (nSPS) is 11.0. The van der Waals surface area contributed by atoms with E-state index in [1.807, 2.05) is 49.4 Å². The van der Waals surface area contributed by atoms with Crippen LogP contribution in [0.25, 0.3) is 0 Å². The largest absolute Gasteiger partial charge is 0.497 e. The Labute approximate surface area is 168 Å². The second-order valence-electron chi connectivity index (χ2n) is 5.96. The number of guanidine groups is 1. The molecule has 0 radical (unpaired) electrons. The van der Waals surface area contributed by atoms with E-state index in [1.54, 1.807) is 14.2 Å². The number of amides is 1. The number of hydrogen-bond donors (Lipinski definition) is 3. The summed E-state index contributed by atoms with van der Waals surface area (Å²) in [5.41, 5.74) is 2.92. The third-order valence-corrected chi connectivity index (χ3v) is 4.42. The molecule has 0 aliphatic carbocycles. The van der Waals surface area contributed by atoms with Crippen LogP contribution in [0.4, 0.5) is 5.69 Å². The summed E-state index contributed by atoms with van der Waals surface area (Å²) in [6.45, 7) is 3.06. The van der Waals surface area contributed by atoms with Gasteiger partial charge in [-0.25, -0.2) is 0 Å². The number of anilines is 1. The fourth-order valence-corrected chi connectivity index (χ4v) is 2.94. The highest BCUT2D eigenvalue weighted by molar-refractivity contribution is 9.10. The second-order valence-corrected chi connectivity index (χ2v) is 6.88. The van der Waals surface area contributed by atoms with Gasteiger partial charge in [0.1, 0.15) is 5.75 Å². The van der Waals surface area contributed by atoms with Crippen LogP contribution in [-0.4, -0.2) is 32.6 Å². The minimum absolute atomic E-state index is 0.0452. The summed E-state index contributed by atoms with van der Waals surface area (Å²) >= 11 is 3.42. The zero-order valence-corrected chi connectivity index (χ0v) is 17.4. The summed E-state index contributed by atoms with van der Waals surface area (Å²) in [5, 5.41) is 9.30. The van der Waals surface area contributed by atoms with Crippen LogP contribution in [0.1, 0.15) is 17.5 Å². The molecule has 2 aromatic rings. The maximum Gasteiger partial charge on any atom is 0.226 e. The molecule has 0 heterocycles. The van der Waals surface area contributed by atoms with Crippen LogP contribution in [0.15, 0.2) is 51.9 Å². The van der Waals surface area contributed by atoms with Crippen molar-refractivity contribution in [3.8, 4) is 5.75 Å². The maximum absolute atomic E-state index is 12.1. The third-order valence-electron chi connectivity index (χ3n) is 3.92. The van der Waals surface area contributed by atoms with Crippen LogP contribution in [0, 0.1) is 6.92 Å². The smallest absolute Gasteiger partial charge is 0.226 e. The predicted octanol–water partition coefficient (Wildman–Crippen LogP) is 3.46. The molecule has 0 saturated carbocycles. The van der Waals surface area contributed by atoms with E-state index in [-0.39, 0.29) is 5.91 Å². The lowest BCUT2D eigenvalue weighted by Gasteiger charge is -2.13. The fourth-order valence-electron chi connectivity index (χ4n) is 2.46. The molecule has 0 spiro atoms. The molecule has 0 atom stereocenters. The molecular formula is C20H25BrN4O2. The first-order valence-corrected chi connectivity index (χ1v) is 9.44. The van der Waals surface area contributed by atoms with Crippen molar-refractivity contribution in [3.05, 3.63) is 58.1 Å². The Kier molecular flexibility index (Phi) is 8.13. The lowest BCUT2D eigenvalue weighted by atomic mass is 10.2. The number of carbonyl (C=O) groups is 1. The van der Waals surface area contributed by atoms with Crippen molar-refractivity contribution in [1.29, 1.82) is 0 Å². The molecule has 7 heteroatoms. The first-order valence-electron chi connectivity index (χ1n) is 8.65. The summed E-state index contributed by atoms with van der Waals surface area (Å²) in [7, 11) is 3.35. The van der Waals surface area contributed by atoms with E-state index in [0.29, 0.717) is 25.5 Å². The van der Waals surface area contributed by atoms with Gasteiger partial charge in [0.15, 0.2) is 5.96 Å². The van der Waals surface area contributed by atoms with Crippen molar-refractivity contribution in [2.75, 3.05) is 26.0 Å². The Hall–Kier alpha value is -2.54. The number of nitrogens with zero attached hydrogens (tertiary/aromatic N) is 1. The minimum atomic E-state index is -0.0452. The van der Waals surface area contributed by atoms with E-state index in [4.69, 9.17) is 4.74 Å². The van der Waals surface area contributed by atoms with E-state index in [2.05, 4.69) is 36.9 Å². The molecule has 144 valence electrons. The number of benzene rings is 2. The van der Waals surface area contributed by atoms with Crippen molar-refractivity contribution in [2.45, 2.75) is 19.9 Å². The van der Waals surface area contributed by atoms with Gasteiger partial charge in [0.25, 0.3) is 0 Å². The van der Waals surface area contributed by atoms with E-state index in [0.717, 1.165) is 27.0 Å². The van der Waals surface area contributed by atoms with Crippen molar-refractivity contribution in [2.24, 2.45) is 4.99 Å². The van der Waals surface area contributed by atoms with E-state index in [1.165, 1.54) is 0 Å². The highest BCUT2D eigenvalue weighted by atomic mass is 79.9. The van der Waals surface area contributed by atoms with Gasteiger partial charge in [-0.1, -0.05) is 28.1 Å². The lowest BCUT2D eigenvalue weighted by molar-refractivity contribution is -0.116. The summed E-state index contributed by atoms with van der Waals surface area (Å²) in [6, 6.07) is 13.6. The zero-order chi connectivity index (χ0) is 19.6. The molecule has 3 N–H and O–H groups in total. The van der Waals surface area contributed by atoms with Gasteiger partial charge < -0.3 is 20.7 Å². The lowest BCUT2D eigenvalue weighted by Crippen LogP contribution is -2.38. The molecule has 0 bridgehead atoms. The van der Waals surface area contributed by atoms with E-state index in [9.17, 15) is 4.79 Å². The summed E-state index contributed by atoms with van der Waals surface area (Å²) in [4.78, 5) is 16.3. The van der Waals surface area contributed by atoms with Crippen LogP contribution in [0.5, 0.6) is 5.75 Å². The van der Waals surface area contributed by atoms with Crippen molar-refractivity contribution >= 4 is 33.5 Å². The SMILES string of the molecule is CN=C(NCCC(=O)Nc1ccc(Br)cc1C)NCc1cccc(OC)c1. The quantitative estimate of drug-likeness (QED) is 0.462. The molecule has 0 fully saturated rings. The van der Waals surface area contributed by atoms with E-state index < -0.39 is 0 Å². The number of hydrogen-bond acceptors (Lipinski definition) is 3. The number of aliphatic imine (C=N–C) groups is 1. The van der Waals surface area contributed by atoms with Gasteiger partial charge in [0.05, 0.1) is 7.11 Å². The highest BCUT2D eigenvalue weighted by Crippen LogP contribution is 2.20. The molecule has 6 nitrogen and oxygen atoms in total. The average Bonchev–Trinajstić information content (AvgIpc) is 2.67. The summed E-state index contributed by atoms with van der Waals surface area (Å²) in [5.74, 6) is 1.42. The zero-order valence-electron chi connectivity index (χ0n) is 15.8.